The van der Waals surface area contributed by atoms with Crippen molar-refractivity contribution in [2.24, 2.45) is 0 Å². The van der Waals surface area contributed by atoms with E-state index in [9.17, 15) is 4.57 Å². The number of methoxy groups -OCH3 is 2. The van der Waals surface area contributed by atoms with Crippen molar-refractivity contribution in [3.63, 3.8) is 0 Å². The zero-order valence-electron chi connectivity index (χ0n) is 8.78. The smallest absolute Gasteiger partial charge is 0.254 e. The monoisotopic (exact) mass is 210 g/mol. The molecule has 0 spiro atoms. The summed E-state index contributed by atoms with van der Waals surface area (Å²) >= 11 is 0. The Morgan fingerprint density at radius 2 is 1.85 bits per heavy atom. The van der Waals surface area contributed by atoms with Crippen LogP contribution in [0.5, 0.6) is 0 Å². The number of hydrogen-bond donors (Lipinski definition) is 0. The summed E-state index contributed by atoms with van der Waals surface area (Å²) in [4.78, 5) is 0. The number of hydrogen-bond acceptors (Lipinski definition) is 4. The van der Waals surface area contributed by atoms with Crippen molar-refractivity contribution >= 4 is 7.37 Å². The van der Waals surface area contributed by atoms with Crippen LogP contribution < -0.4 is 0 Å². The molecule has 0 aliphatic heterocycles. The van der Waals surface area contributed by atoms with Crippen LogP contribution in [0, 0.1) is 0 Å². The van der Waals surface area contributed by atoms with E-state index in [0.717, 1.165) is 12.8 Å². The molecule has 0 bridgehead atoms. The normalized spacial score (nSPS) is 16.1. The Hall–Kier alpha value is 0.110. The lowest BCUT2D eigenvalue weighted by Crippen LogP contribution is -2.15. The third kappa shape index (κ3) is 4.77. The third-order valence-corrected chi connectivity index (χ3v) is 3.51. The highest BCUT2D eigenvalue weighted by molar-refractivity contribution is 7.58. The molecule has 0 heterocycles. The Balaban J connectivity index is 3.97. The molecule has 0 radical (unpaired) electrons. The molecule has 5 heteroatoms. The lowest BCUT2D eigenvalue weighted by atomic mass is 10.4. The first kappa shape index (κ1) is 13.1. The average Bonchev–Trinajstić information content (AvgIpc) is 2.06. The second-order valence-electron chi connectivity index (χ2n) is 2.87. The summed E-state index contributed by atoms with van der Waals surface area (Å²) < 4.78 is 26.8. The molecule has 1 unspecified atom stereocenters. The predicted molar refractivity (Wildman–Crippen MR) is 52.2 cm³/mol. The summed E-state index contributed by atoms with van der Waals surface area (Å²) in [6, 6.07) is -0.746. The van der Waals surface area contributed by atoms with E-state index < -0.39 is 13.4 Å². The molecule has 13 heavy (non-hydrogen) atoms. The number of rotatable bonds is 7. The fourth-order valence-electron chi connectivity index (χ4n) is 0.930. The van der Waals surface area contributed by atoms with Crippen LogP contribution >= 0.6 is 7.37 Å². The Morgan fingerprint density at radius 1 is 1.31 bits per heavy atom. The third-order valence-electron chi connectivity index (χ3n) is 1.63. The van der Waals surface area contributed by atoms with E-state index in [2.05, 4.69) is 0 Å². The lowest BCUT2D eigenvalue weighted by molar-refractivity contribution is -0.0514. The minimum atomic E-state index is -2.78. The van der Waals surface area contributed by atoms with Crippen molar-refractivity contribution in [3.05, 3.63) is 0 Å². The molecule has 0 N–H and O–H groups in total. The van der Waals surface area contributed by atoms with E-state index in [4.69, 9.17) is 14.0 Å². The summed E-state index contributed by atoms with van der Waals surface area (Å²) in [6.45, 7) is 4.07. The molecule has 1 atom stereocenters. The van der Waals surface area contributed by atoms with Crippen LogP contribution in [-0.4, -0.2) is 33.5 Å². The molecule has 0 fully saturated rings. The highest BCUT2D eigenvalue weighted by Crippen LogP contribution is 2.48. The Bertz CT molecular complexity index is 168. The van der Waals surface area contributed by atoms with Gasteiger partial charge in [-0.15, -0.1) is 0 Å². The van der Waals surface area contributed by atoms with Crippen LogP contribution in [0.4, 0.5) is 0 Å². The maximum atomic E-state index is 11.8. The minimum Gasteiger partial charge on any atom is -0.348 e. The second kappa shape index (κ2) is 6.55. The quantitative estimate of drug-likeness (QED) is 0.367. The summed E-state index contributed by atoms with van der Waals surface area (Å²) in [6.07, 6.45) is 1.92. The van der Waals surface area contributed by atoms with Gasteiger partial charge < -0.3 is 14.0 Å². The molecule has 0 saturated heterocycles. The van der Waals surface area contributed by atoms with Gasteiger partial charge in [-0.2, -0.15) is 0 Å². The highest BCUT2D eigenvalue weighted by Gasteiger charge is 2.28. The fourth-order valence-corrected chi connectivity index (χ4v) is 2.31. The number of unbranched alkanes of at least 4 members (excludes halogenated alkanes) is 1. The van der Waals surface area contributed by atoms with Crippen molar-refractivity contribution in [2.75, 3.05) is 27.5 Å². The van der Waals surface area contributed by atoms with Gasteiger partial charge in [0.1, 0.15) is 0 Å². The van der Waals surface area contributed by atoms with Crippen LogP contribution in [0.3, 0.4) is 0 Å². The van der Waals surface area contributed by atoms with Crippen LogP contribution in [0.25, 0.3) is 0 Å². The van der Waals surface area contributed by atoms with Crippen LogP contribution in [0.15, 0.2) is 0 Å². The van der Waals surface area contributed by atoms with Gasteiger partial charge in [0.2, 0.25) is 6.03 Å². The number of ether oxygens (including phenoxy) is 2. The zero-order valence-corrected chi connectivity index (χ0v) is 9.67. The SMILES string of the molecule is CCCCOP(C)(=O)C(OC)OC. The van der Waals surface area contributed by atoms with E-state index in [0.29, 0.717) is 6.61 Å². The Kier molecular flexibility index (Phi) is 6.60. The molecular formula is C8H19O4P. The van der Waals surface area contributed by atoms with Gasteiger partial charge in [-0.1, -0.05) is 13.3 Å². The molecule has 0 aliphatic carbocycles. The minimum absolute atomic E-state index is 0.494. The van der Waals surface area contributed by atoms with E-state index in [-0.39, 0.29) is 0 Å². The molecule has 0 amide bonds. The molecule has 4 nitrogen and oxygen atoms in total. The van der Waals surface area contributed by atoms with Gasteiger partial charge >= 0.3 is 0 Å². The van der Waals surface area contributed by atoms with Crippen molar-refractivity contribution < 1.29 is 18.6 Å². The van der Waals surface area contributed by atoms with Gasteiger partial charge in [0.05, 0.1) is 6.61 Å². The first-order valence-electron chi connectivity index (χ1n) is 4.35. The second-order valence-corrected chi connectivity index (χ2v) is 5.37. The van der Waals surface area contributed by atoms with E-state index in [1.807, 2.05) is 6.92 Å². The van der Waals surface area contributed by atoms with Gasteiger partial charge in [-0.05, 0) is 6.42 Å². The molecule has 0 aliphatic rings. The first-order chi connectivity index (χ1) is 6.08. The lowest BCUT2D eigenvalue weighted by Gasteiger charge is -2.21. The van der Waals surface area contributed by atoms with E-state index in [1.165, 1.54) is 20.9 Å². The van der Waals surface area contributed by atoms with Gasteiger partial charge in [-0.3, -0.25) is 4.57 Å². The maximum absolute atomic E-state index is 11.8. The summed E-state index contributed by atoms with van der Waals surface area (Å²) in [5.41, 5.74) is 0. The highest BCUT2D eigenvalue weighted by atomic mass is 31.2. The average molecular weight is 210 g/mol. The Labute approximate surface area is 80.0 Å². The van der Waals surface area contributed by atoms with Gasteiger partial charge in [0, 0.05) is 20.9 Å². The van der Waals surface area contributed by atoms with Crippen LogP contribution in [-0.2, 0) is 18.6 Å². The maximum Gasteiger partial charge on any atom is 0.254 e. The summed E-state index contributed by atoms with van der Waals surface area (Å²) in [5, 5.41) is 0. The summed E-state index contributed by atoms with van der Waals surface area (Å²) in [5.74, 6) is 0. The van der Waals surface area contributed by atoms with Gasteiger partial charge in [0.15, 0.2) is 0 Å². The Morgan fingerprint density at radius 3 is 2.23 bits per heavy atom. The standard InChI is InChI=1S/C8H19O4P/c1-5-6-7-12-13(4,9)8(10-2)11-3/h8H,5-7H2,1-4H3. The van der Waals surface area contributed by atoms with Crippen LogP contribution in [0.2, 0.25) is 0 Å². The van der Waals surface area contributed by atoms with Gasteiger partial charge in [-0.25, -0.2) is 0 Å². The van der Waals surface area contributed by atoms with E-state index >= 15 is 0 Å². The molecule has 0 aromatic heterocycles. The van der Waals surface area contributed by atoms with Crippen molar-refractivity contribution in [3.8, 4) is 0 Å². The first-order valence-corrected chi connectivity index (χ1v) is 6.50. The summed E-state index contributed by atoms with van der Waals surface area (Å²) in [7, 11) is 0.127. The molecule has 0 saturated carbocycles. The molecule has 80 valence electrons. The van der Waals surface area contributed by atoms with Crippen molar-refractivity contribution in [1.29, 1.82) is 0 Å². The fraction of sp³-hybridized carbons (Fsp3) is 1.00. The van der Waals surface area contributed by atoms with Gasteiger partial charge in [0.25, 0.3) is 7.37 Å². The molecule has 0 rings (SSSR count). The van der Waals surface area contributed by atoms with Crippen molar-refractivity contribution in [2.45, 2.75) is 25.8 Å². The largest absolute Gasteiger partial charge is 0.348 e. The topological polar surface area (TPSA) is 44.8 Å². The zero-order chi connectivity index (χ0) is 10.3. The molecular weight excluding hydrogens is 191 g/mol. The molecule has 0 aromatic carbocycles. The van der Waals surface area contributed by atoms with Crippen molar-refractivity contribution in [1.82, 2.24) is 0 Å². The predicted octanol–water partition coefficient (Wildman–Crippen LogP) is 2.29. The van der Waals surface area contributed by atoms with E-state index in [1.54, 1.807) is 0 Å². The van der Waals surface area contributed by atoms with Crippen LogP contribution in [0.1, 0.15) is 19.8 Å². The molecule has 0 aromatic rings.